The van der Waals surface area contributed by atoms with Gasteiger partial charge in [0.15, 0.2) is 0 Å². The lowest BCUT2D eigenvalue weighted by Gasteiger charge is -2.05. The van der Waals surface area contributed by atoms with Crippen LogP contribution < -0.4 is 4.74 Å². The number of rotatable bonds is 3. The Bertz CT molecular complexity index is 500. The zero-order chi connectivity index (χ0) is 10.8. The molecular weight excluding hydrogens is 190 g/mol. The highest BCUT2D eigenvalue weighted by atomic mass is 16.5. The molecule has 2 rings (SSSR count). The van der Waals surface area contributed by atoms with Crippen molar-refractivity contribution < 1.29 is 9.53 Å². The predicted molar refractivity (Wildman–Crippen MR) is 59.3 cm³/mol. The first-order valence-corrected chi connectivity index (χ1v) is 4.84. The van der Waals surface area contributed by atoms with Gasteiger partial charge in [-0.3, -0.25) is 0 Å². The molecule has 0 atom stereocenters. The first-order chi connectivity index (χ1) is 7.27. The Morgan fingerprint density at radius 3 is 2.93 bits per heavy atom. The summed E-state index contributed by atoms with van der Waals surface area (Å²) < 4.78 is 7.20. The topological polar surface area (TPSA) is 31.2 Å². The Morgan fingerprint density at radius 2 is 2.27 bits per heavy atom. The number of para-hydroxylation sites is 1. The maximum absolute atomic E-state index is 10.6. The Labute approximate surface area is 88.3 Å². The number of aromatic nitrogens is 1. The maximum Gasteiger partial charge on any atom is 0.143 e. The van der Waals surface area contributed by atoms with Gasteiger partial charge in [0.1, 0.15) is 12.0 Å². The van der Waals surface area contributed by atoms with Crippen LogP contribution in [0, 0.1) is 6.92 Å². The second kappa shape index (κ2) is 3.77. The smallest absolute Gasteiger partial charge is 0.143 e. The molecule has 0 amide bonds. The molecule has 0 saturated carbocycles. The Balaban J connectivity index is 2.75. The molecule has 1 aromatic heterocycles. The molecule has 0 N–H and O–H groups in total. The summed E-state index contributed by atoms with van der Waals surface area (Å²) in [6, 6.07) is 5.90. The third-order valence-electron chi connectivity index (χ3n) is 2.55. The van der Waals surface area contributed by atoms with Crippen LogP contribution in [0.25, 0.3) is 10.9 Å². The summed E-state index contributed by atoms with van der Waals surface area (Å²) in [5.41, 5.74) is 2.15. The van der Waals surface area contributed by atoms with Gasteiger partial charge in [0.2, 0.25) is 0 Å². The van der Waals surface area contributed by atoms with Crippen molar-refractivity contribution in [2.45, 2.75) is 13.5 Å². The molecule has 1 heterocycles. The lowest BCUT2D eigenvalue weighted by Crippen LogP contribution is -1.98. The standard InChI is InChI=1S/C12H13NO2/c1-9-8-13(6-7-14)12-10(9)4-3-5-11(12)15-2/h3-5,7-8H,6H2,1-2H3. The normalized spacial score (nSPS) is 10.5. The fourth-order valence-corrected chi connectivity index (χ4v) is 1.89. The van der Waals surface area contributed by atoms with Gasteiger partial charge in [0.25, 0.3) is 0 Å². The van der Waals surface area contributed by atoms with Crippen LogP contribution in [0.2, 0.25) is 0 Å². The van der Waals surface area contributed by atoms with Gasteiger partial charge >= 0.3 is 0 Å². The van der Waals surface area contributed by atoms with Crippen LogP contribution in [-0.4, -0.2) is 18.0 Å². The first kappa shape index (κ1) is 9.77. The highest BCUT2D eigenvalue weighted by Crippen LogP contribution is 2.28. The molecule has 0 unspecified atom stereocenters. The fraction of sp³-hybridized carbons (Fsp3) is 0.250. The zero-order valence-corrected chi connectivity index (χ0v) is 8.86. The van der Waals surface area contributed by atoms with Crippen LogP contribution in [0.15, 0.2) is 24.4 Å². The van der Waals surface area contributed by atoms with Crippen LogP contribution in [-0.2, 0) is 11.3 Å². The van der Waals surface area contributed by atoms with Crippen LogP contribution in [0.3, 0.4) is 0 Å². The number of hydrogen-bond donors (Lipinski definition) is 0. The third kappa shape index (κ3) is 1.50. The molecule has 3 nitrogen and oxygen atoms in total. The average molecular weight is 203 g/mol. The minimum atomic E-state index is 0.366. The lowest BCUT2D eigenvalue weighted by atomic mass is 10.2. The summed E-state index contributed by atoms with van der Waals surface area (Å²) in [6.45, 7) is 2.40. The molecular formula is C12H13NO2. The molecule has 0 aliphatic carbocycles. The maximum atomic E-state index is 10.6. The summed E-state index contributed by atoms with van der Waals surface area (Å²) in [5.74, 6) is 0.808. The van der Waals surface area contributed by atoms with Crippen LogP contribution in [0.1, 0.15) is 5.56 Å². The van der Waals surface area contributed by atoms with E-state index in [1.54, 1.807) is 7.11 Å². The molecule has 0 aliphatic heterocycles. The van der Waals surface area contributed by atoms with E-state index < -0.39 is 0 Å². The van der Waals surface area contributed by atoms with E-state index in [2.05, 4.69) is 0 Å². The van der Waals surface area contributed by atoms with E-state index in [-0.39, 0.29) is 0 Å². The quantitative estimate of drug-likeness (QED) is 0.716. The lowest BCUT2D eigenvalue weighted by molar-refractivity contribution is -0.108. The highest BCUT2D eigenvalue weighted by molar-refractivity contribution is 5.89. The fourth-order valence-electron chi connectivity index (χ4n) is 1.89. The second-order valence-corrected chi connectivity index (χ2v) is 3.49. The summed E-state index contributed by atoms with van der Waals surface area (Å²) >= 11 is 0. The van der Waals surface area contributed by atoms with Crippen molar-refractivity contribution in [2.24, 2.45) is 0 Å². The first-order valence-electron chi connectivity index (χ1n) is 4.84. The van der Waals surface area contributed by atoms with Crippen LogP contribution in [0.5, 0.6) is 5.75 Å². The van der Waals surface area contributed by atoms with Gasteiger partial charge in [0.05, 0.1) is 19.2 Å². The van der Waals surface area contributed by atoms with Crippen molar-refractivity contribution in [1.29, 1.82) is 0 Å². The van der Waals surface area contributed by atoms with Gasteiger partial charge < -0.3 is 14.1 Å². The highest BCUT2D eigenvalue weighted by Gasteiger charge is 2.09. The number of carbonyl (C=O) groups is 1. The summed E-state index contributed by atoms with van der Waals surface area (Å²) in [7, 11) is 1.64. The minimum Gasteiger partial charge on any atom is -0.495 e. The Hall–Kier alpha value is -1.77. The molecule has 2 aromatic rings. The SMILES string of the molecule is COc1cccc2c(C)cn(CC=O)c12. The third-order valence-corrected chi connectivity index (χ3v) is 2.55. The van der Waals surface area contributed by atoms with Gasteiger partial charge in [-0.1, -0.05) is 12.1 Å². The van der Waals surface area contributed by atoms with E-state index in [1.807, 2.05) is 35.9 Å². The number of aryl methyl sites for hydroxylation is 1. The zero-order valence-electron chi connectivity index (χ0n) is 8.86. The summed E-state index contributed by atoms with van der Waals surface area (Å²) in [5, 5.41) is 1.14. The predicted octanol–water partition coefficient (Wildman–Crippen LogP) is 2.16. The molecule has 78 valence electrons. The number of ether oxygens (including phenoxy) is 1. The number of hydrogen-bond acceptors (Lipinski definition) is 2. The van der Waals surface area contributed by atoms with E-state index in [9.17, 15) is 4.79 Å². The molecule has 15 heavy (non-hydrogen) atoms. The summed E-state index contributed by atoms with van der Waals surface area (Å²) in [4.78, 5) is 10.6. The monoisotopic (exact) mass is 203 g/mol. The van der Waals surface area contributed by atoms with Crippen LogP contribution >= 0.6 is 0 Å². The van der Waals surface area contributed by atoms with E-state index in [0.717, 1.165) is 28.5 Å². The van der Waals surface area contributed by atoms with Gasteiger partial charge in [-0.15, -0.1) is 0 Å². The molecule has 0 saturated heterocycles. The van der Waals surface area contributed by atoms with E-state index in [1.165, 1.54) is 0 Å². The van der Waals surface area contributed by atoms with E-state index >= 15 is 0 Å². The molecule has 0 spiro atoms. The van der Waals surface area contributed by atoms with Crippen molar-refractivity contribution in [1.82, 2.24) is 4.57 Å². The van der Waals surface area contributed by atoms with Gasteiger partial charge in [0, 0.05) is 11.6 Å². The molecule has 0 fully saturated rings. The number of nitrogens with zero attached hydrogens (tertiary/aromatic N) is 1. The second-order valence-electron chi connectivity index (χ2n) is 3.49. The minimum absolute atomic E-state index is 0.366. The molecule has 1 aromatic carbocycles. The van der Waals surface area contributed by atoms with Gasteiger partial charge in [-0.2, -0.15) is 0 Å². The molecule has 0 radical (unpaired) electrons. The van der Waals surface area contributed by atoms with Crippen molar-refractivity contribution >= 4 is 17.2 Å². The van der Waals surface area contributed by atoms with Crippen molar-refractivity contribution in [3.8, 4) is 5.75 Å². The Morgan fingerprint density at radius 1 is 1.47 bits per heavy atom. The number of carbonyl (C=O) groups excluding carboxylic acids is 1. The number of aldehydes is 1. The molecule has 0 bridgehead atoms. The van der Waals surface area contributed by atoms with Gasteiger partial charge in [-0.05, 0) is 18.6 Å². The van der Waals surface area contributed by atoms with Crippen LogP contribution in [0.4, 0.5) is 0 Å². The van der Waals surface area contributed by atoms with E-state index in [0.29, 0.717) is 6.54 Å². The number of fused-ring (bicyclic) bond motifs is 1. The number of benzene rings is 1. The van der Waals surface area contributed by atoms with Crippen molar-refractivity contribution in [3.63, 3.8) is 0 Å². The van der Waals surface area contributed by atoms with E-state index in [4.69, 9.17) is 4.74 Å². The van der Waals surface area contributed by atoms with Gasteiger partial charge in [-0.25, -0.2) is 0 Å². The van der Waals surface area contributed by atoms with Crippen molar-refractivity contribution in [3.05, 3.63) is 30.0 Å². The Kier molecular flexibility index (Phi) is 2.46. The molecule has 3 heteroatoms. The average Bonchev–Trinajstić information content (AvgIpc) is 2.57. The summed E-state index contributed by atoms with van der Waals surface area (Å²) in [6.07, 6.45) is 2.87. The molecule has 0 aliphatic rings. The largest absolute Gasteiger partial charge is 0.495 e. The number of methoxy groups -OCH3 is 1. The van der Waals surface area contributed by atoms with Crippen molar-refractivity contribution in [2.75, 3.05) is 7.11 Å².